The summed E-state index contributed by atoms with van der Waals surface area (Å²) in [5.41, 5.74) is 12.9. The molecule has 10 aromatic rings. The zero-order valence-electron chi connectivity index (χ0n) is 30.9. The molecule has 57 heavy (non-hydrogen) atoms. The number of rotatable bonds is 5. The smallest absolute Gasteiger partial charge is 0.142 e. The van der Waals surface area contributed by atoms with Crippen molar-refractivity contribution in [2.24, 2.45) is 4.99 Å². The zero-order valence-corrected chi connectivity index (χ0v) is 30.9. The molecule has 0 saturated heterocycles. The van der Waals surface area contributed by atoms with Crippen molar-refractivity contribution >= 4 is 72.2 Å². The van der Waals surface area contributed by atoms with Crippen molar-refractivity contribution in [1.82, 2.24) is 15.2 Å². The minimum atomic E-state index is -0.307. The van der Waals surface area contributed by atoms with Gasteiger partial charge in [-0.1, -0.05) is 127 Å². The quantitative estimate of drug-likeness (QED) is 0.185. The van der Waals surface area contributed by atoms with E-state index in [0.29, 0.717) is 0 Å². The fourth-order valence-corrected chi connectivity index (χ4v) is 9.18. The van der Waals surface area contributed by atoms with Crippen molar-refractivity contribution in [2.75, 3.05) is 0 Å². The molecular formula is C51H36N4O2. The van der Waals surface area contributed by atoms with Gasteiger partial charge in [0.15, 0.2) is 0 Å². The Morgan fingerprint density at radius 2 is 1.32 bits per heavy atom. The van der Waals surface area contributed by atoms with Gasteiger partial charge in [0.2, 0.25) is 0 Å². The van der Waals surface area contributed by atoms with Crippen LogP contribution in [0.4, 0.5) is 0 Å². The van der Waals surface area contributed by atoms with Crippen LogP contribution in [-0.4, -0.2) is 10.4 Å². The molecule has 2 N–H and O–H groups in total. The number of nitrogens with zero attached hydrogens (tertiary/aromatic N) is 2. The molecule has 6 nitrogen and oxygen atoms in total. The minimum Gasteiger partial charge on any atom is -0.460 e. The van der Waals surface area contributed by atoms with E-state index in [1.165, 1.54) is 27.4 Å². The number of aliphatic imine (C=N–C) groups is 1. The first-order chi connectivity index (χ1) is 28.2. The van der Waals surface area contributed by atoms with Crippen LogP contribution in [0.15, 0.2) is 178 Å². The fourth-order valence-electron chi connectivity index (χ4n) is 9.18. The van der Waals surface area contributed by atoms with Crippen molar-refractivity contribution < 1.29 is 8.83 Å². The molecule has 0 spiro atoms. The van der Waals surface area contributed by atoms with Crippen LogP contribution in [0, 0.1) is 0 Å². The van der Waals surface area contributed by atoms with Crippen molar-refractivity contribution in [3.05, 3.63) is 197 Å². The monoisotopic (exact) mass is 736 g/mol. The first kappa shape index (κ1) is 32.1. The summed E-state index contributed by atoms with van der Waals surface area (Å²) in [5, 5.41) is 13.3. The number of allylic oxidation sites excluding steroid dienone is 1. The number of nitrogens with one attached hydrogen (secondary N) is 2. The van der Waals surface area contributed by atoms with Crippen molar-refractivity contribution in [3.63, 3.8) is 0 Å². The molecule has 0 amide bonds. The molecule has 1 aliphatic carbocycles. The molecule has 0 radical (unpaired) electrons. The molecule has 1 aliphatic heterocycles. The first-order valence-electron chi connectivity index (χ1n) is 19.6. The fraction of sp³-hybridized carbons (Fsp3) is 0.0784. The second-order valence-electron chi connectivity index (χ2n) is 15.1. The van der Waals surface area contributed by atoms with Crippen molar-refractivity contribution in [2.45, 2.75) is 25.2 Å². The summed E-state index contributed by atoms with van der Waals surface area (Å²) in [5.74, 6) is 1.87. The summed E-state index contributed by atoms with van der Waals surface area (Å²) in [6, 6.07) is 57.6. The van der Waals surface area contributed by atoms with Crippen molar-refractivity contribution in [3.8, 4) is 5.69 Å². The van der Waals surface area contributed by atoms with Gasteiger partial charge in [0, 0.05) is 67.4 Å². The van der Waals surface area contributed by atoms with Gasteiger partial charge in [-0.15, -0.1) is 0 Å². The van der Waals surface area contributed by atoms with E-state index >= 15 is 0 Å². The summed E-state index contributed by atoms with van der Waals surface area (Å²) in [4.78, 5) is 5.29. The van der Waals surface area contributed by atoms with Gasteiger partial charge >= 0.3 is 0 Å². The number of aryl methyl sites for hydroxylation is 1. The maximum absolute atomic E-state index is 6.87. The third-order valence-electron chi connectivity index (χ3n) is 11.8. The Kier molecular flexibility index (Phi) is 7.16. The van der Waals surface area contributed by atoms with Crippen LogP contribution >= 0.6 is 0 Å². The molecule has 2 unspecified atom stereocenters. The van der Waals surface area contributed by atoms with Crippen LogP contribution in [-0.2, 0) is 6.42 Å². The van der Waals surface area contributed by atoms with E-state index in [2.05, 4.69) is 179 Å². The standard InChI is InChI=1S/C51H36N4O2/c1-3-13-31(14-4-1)49-52-50(32-15-5-2-6-16-32)54-51(53-49)40-21-12-24-45-47(40)41-29-33(25-28-44(41)56-45)35-19-11-20-39-38-27-26-34(30-46(38)57-48(35)39)55-42-22-9-7-17-36(42)37-18-8-10-23-43(37)55/h1-24,26-27,29-30,49,51,53H,25,28H2,(H,52,54). The molecule has 3 aromatic heterocycles. The van der Waals surface area contributed by atoms with E-state index in [1.54, 1.807) is 0 Å². The van der Waals surface area contributed by atoms with Gasteiger partial charge in [-0.05, 0) is 54.0 Å². The summed E-state index contributed by atoms with van der Waals surface area (Å²) in [6.07, 6.45) is 3.54. The van der Waals surface area contributed by atoms with E-state index in [0.717, 1.165) is 90.8 Å². The van der Waals surface area contributed by atoms with Crippen LogP contribution in [0.3, 0.4) is 0 Å². The van der Waals surface area contributed by atoms with Gasteiger partial charge in [-0.2, -0.15) is 0 Å². The Bertz CT molecular complexity index is 3210. The SMILES string of the molecule is C1=C(c2cccc3c2oc2cc(-n4c5ccccc5c5ccccc54)ccc23)CCc2oc3cccc(C4N=C(c5ccccc5)NC(c5ccccc5)N4)c3c21. The first-order valence-corrected chi connectivity index (χ1v) is 19.6. The Labute approximate surface area is 328 Å². The highest BCUT2D eigenvalue weighted by atomic mass is 16.3. The number of amidine groups is 1. The van der Waals surface area contributed by atoms with E-state index in [-0.39, 0.29) is 12.3 Å². The molecule has 2 atom stereocenters. The minimum absolute atomic E-state index is 0.130. The molecule has 0 bridgehead atoms. The lowest BCUT2D eigenvalue weighted by Crippen LogP contribution is -2.45. The molecule has 0 fully saturated rings. The predicted molar refractivity (Wildman–Crippen MR) is 232 cm³/mol. The van der Waals surface area contributed by atoms with Crippen LogP contribution in [0.25, 0.3) is 72.1 Å². The van der Waals surface area contributed by atoms with Crippen LogP contribution in [0.2, 0.25) is 0 Å². The van der Waals surface area contributed by atoms with E-state index in [9.17, 15) is 0 Å². The molecule has 4 heterocycles. The highest BCUT2D eigenvalue weighted by Crippen LogP contribution is 2.43. The zero-order chi connectivity index (χ0) is 37.5. The lowest BCUT2D eigenvalue weighted by atomic mass is 9.89. The Morgan fingerprint density at radius 1 is 0.596 bits per heavy atom. The van der Waals surface area contributed by atoms with Gasteiger partial charge in [0.25, 0.3) is 0 Å². The van der Waals surface area contributed by atoms with Crippen LogP contribution in [0.5, 0.6) is 0 Å². The summed E-state index contributed by atoms with van der Waals surface area (Å²) >= 11 is 0. The predicted octanol–water partition coefficient (Wildman–Crippen LogP) is 12.3. The number of para-hydroxylation sites is 3. The van der Waals surface area contributed by atoms with E-state index in [4.69, 9.17) is 13.8 Å². The Balaban J connectivity index is 0.978. The van der Waals surface area contributed by atoms with Gasteiger partial charge in [0.1, 0.15) is 40.7 Å². The van der Waals surface area contributed by atoms with Gasteiger partial charge in [0.05, 0.1) is 11.0 Å². The molecule has 12 rings (SSSR count). The molecular weight excluding hydrogens is 701 g/mol. The average molecular weight is 737 g/mol. The summed E-state index contributed by atoms with van der Waals surface area (Å²) < 4.78 is 15.8. The van der Waals surface area contributed by atoms with Crippen LogP contribution in [0.1, 0.15) is 52.3 Å². The summed E-state index contributed by atoms with van der Waals surface area (Å²) in [6.45, 7) is 0. The van der Waals surface area contributed by atoms with E-state index < -0.39 is 0 Å². The van der Waals surface area contributed by atoms with Crippen LogP contribution < -0.4 is 10.6 Å². The third-order valence-corrected chi connectivity index (χ3v) is 11.8. The summed E-state index contributed by atoms with van der Waals surface area (Å²) in [7, 11) is 0. The highest BCUT2D eigenvalue weighted by Gasteiger charge is 2.30. The second kappa shape index (κ2) is 12.7. The number of furan rings is 2. The maximum Gasteiger partial charge on any atom is 0.142 e. The molecule has 272 valence electrons. The molecule has 2 aliphatic rings. The Hall–Kier alpha value is -7.15. The molecule has 0 saturated carbocycles. The van der Waals surface area contributed by atoms with Gasteiger partial charge < -0.3 is 18.7 Å². The largest absolute Gasteiger partial charge is 0.460 e. The number of hydrogen-bond donors (Lipinski definition) is 2. The van der Waals surface area contributed by atoms with Gasteiger partial charge in [-0.25, -0.2) is 4.99 Å². The highest BCUT2D eigenvalue weighted by molar-refractivity contribution is 6.12. The number of hydrogen-bond acceptors (Lipinski definition) is 5. The van der Waals surface area contributed by atoms with Gasteiger partial charge in [-0.3, -0.25) is 5.32 Å². The number of aromatic nitrogens is 1. The third kappa shape index (κ3) is 5.11. The second-order valence-corrected chi connectivity index (χ2v) is 15.1. The molecule has 7 aromatic carbocycles. The average Bonchev–Trinajstić information content (AvgIpc) is 3.96. The maximum atomic E-state index is 6.87. The lowest BCUT2D eigenvalue weighted by molar-refractivity contribution is 0.410. The topological polar surface area (TPSA) is 67.6 Å². The normalized spacial score (nSPS) is 16.9. The van der Waals surface area contributed by atoms with Crippen molar-refractivity contribution in [1.29, 1.82) is 0 Å². The number of fused-ring (bicyclic) bond motifs is 9. The van der Waals surface area contributed by atoms with E-state index in [1.807, 2.05) is 6.07 Å². The number of benzene rings is 7. The Morgan fingerprint density at radius 3 is 2.12 bits per heavy atom. The lowest BCUT2D eigenvalue weighted by Gasteiger charge is -2.32. The molecule has 6 heteroatoms.